The normalized spacial score (nSPS) is 10.8. The van der Waals surface area contributed by atoms with Crippen molar-refractivity contribution in [2.24, 2.45) is 0 Å². The van der Waals surface area contributed by atoms with Crippen LogP contribution in [0.5, 0.6) is 0 Å². The lowest BCUT2D eigenvalue weighted by Crippen LogP contribution is -2.10. The Balaban J connectivity index is 1.54. The van der Waals surface area contributed by atoms with Gasteiger partial charge in [-0.15, -0.1) is 10.2 Å². The number of halogens is 1. The number of nitrogens with one attached hydrogen (secondary N) is 2. The fraction of sp³-hybridized carbons (Fsp3) is 0.0500. The largest absolute Gasteiger partial charge is 0.364 e. The van der Waals surface area contributed by atoms with Crippen LogP contribution in [0, 0.1) is 5.82 Å². The molecule has 0 unspecified atom stereocenters. The Bertz CT molecular complexity index is 1110. The predicted octanol–water partition coefficient (Wildman–Crippen LogP) is 3.74. The van der Waals surface area contributed by atoms with Crippen molar-refractivity contribution >= 4 is 16.7 Å². The average molecular weight is 346 g/mol. The maximum Gasteiger partial charge on any atom is 0.248 e. The predicted molar refractivity (Wildman–Crippen MR) is 99.3 cm³/mol. The van der Waals surface area contributed by atoms with E-state index in [0.29, 0.717) is 18.1 Å². The molecule has 2 N–H and O–H groups in total. The molecule has 26 heavy (non-hydrogen) atoms. The number of hydrogen-bond acceptors (Lipinski definition) is 4. The second kappa shape index (κ2) is 6.76. The second-order valence-corrected chi connectivity index (χ2v) is 5.87. The molecule has 4 aromatic rings. The van der Waals surface area contributed by atoms with Crippen LogP contribution in [0.15, 0.2) is 71.5 Å². The molecule has 5 nitrogen and oxygen atoms in total. The lowest BCUT2D eigenvalue weighted by atomic mass is 10.1. The van der Waals surface area contributed by atoms with Crippen LogP contribution < -0.4 is 10.9 Å². The van der Waals surface area contributed by atoms with Gasteiger partial charge < -0.3 is 10.3 Å². The third kappa shape index (κ3) is 3.30. The first-order valence-corrected chi connectivity index (χ1v) is 8.13. The van der Waals surface area contributed by atoms with E-state index in [9.17, 15) is 9.18 Å². The minimum absolute atomic E-state index is 0.141. The number of para-hydroxylation sites is 1. The van der Waals surface area contributed by atoms with Gasteiger partial charge in [0.15, 0.2) is 0 Å². The first-order chi connectivity index (χ1) is 12.7. The molecule has 0 saturated heterocycles. The highest BCUT2D eigenvalue weighted by atomic mass is 19.1. The maximum atomic E-state index is 13.0. The molecule has 2 aromatic heterocycles. The summed E-state index contributed by atoms with van der Waals surface area (Å²) in [5, 5.41) is 12.5. The number of anilines is 1. The molecule has 0 bridgehead atoms. The lowest BCUT2D eigenvalue weighted by molar-refractivity contribution is 0.628. The van der Waals surface area contributed by atoms with Crippen molar-refractivity contribution in [3.8, 4) is 11.3 Å². The minimum atomic E-state index is -0.287. The summed E-state index contributed by atoms with van der Waals surface area (Å²) in [6, 6.07) is 19.0. The third-order valence-corrected chi connectivity index (χ3v) is 4.10. The summed E-state index contributed by atoms with van der Waals surface area (Å²) < 4.78 is 13.0. The summed E-state index contributed by atoms with van der Waals surface area (Å²) >= 11 is 0. The number of pyridine rings is 1. The fourth-order valence-corrected chi connectivity index (χ4v) is 2.81. The molecular formula is C20H15FN4O. The molecule has 4 rings (SSSR count). The summed E-state index contributed by atoms with van der Waals surface area (Å²) in [6.45, 7) is 0.453. The van der Waals surface area contributed by atoms with Crippen LogP contribution in [-0.4, -0.2) is 15.2 Å². The van der Waals surface area contributed by atoms with E-state index >= 15 is 0 Å². The highest BCUT2D eigenvalue weighted by Gasteiger charge is 2.05. The van der Waals surface area contributed by atoms with Gasteiger partial charge in [0.2, 0.25) is 5.56 Å². The highest BCUT2D eigenvalue weighted by molar-refractivity contribution is 5.82. The first kappa shape index (κ1) is 16.0. The average Bonchev–Trinajstić information content (AvgIpc) is 2.67. The number of nitrogens with zero attached hydrogens (tertiary/aromatic N) is 2. The van der Waals surface area contributed by atoms with Crippen molar-refractivity contribution in [2.45, 2.75) is 6.54 Å². The maximum absolute atomic E-state index is 13.0. The van der Waals surface area contributed by atoms with Crippen LogP contribution in [0.3, 0.4) is 0 Å². The summed E-state index contributed by atoms with van der Waals surface area (Å²) in [4.78, 5) is 14.6. The van der Waals surface area contributed by atoms with Crippen molar-refractivity contribution in [3.05, 3.63) is 88.5 Å². The highest BCUT2D eigenvalue weighted by Crippen LogP contribution is 2.19. The number of aromatic amines is 1. The zero-order valence-corrected chi connectivity index (χ0v) is 13.7. The second-order valence-electron chi connectivity index (χ2n) is 5.87. The van der Waals surface area contributed by atoms with Gasteiger partial charge in [-0.3, -0.25) is 4.79 Å². The van der Waals surface area contributed by atoms with Gasteiger partial charge in [-0.05, 0) is 48.0 Å². The number of H-pyrrole nitrogens is 1. The molecule has 6 heteroatoms. The zero-order chi connectivity index (χ0) is 17.9. The van der Waals surface area contributed by atoms with Crippen molar-refractivity contribution < 1.29 is 4.39 Å². The van der Waals surface area contributed by atoms with E-state index in [2.05, 4.69) is 20.5 Å². The summed E-state index contributed by atoms with van der Waals surface area (Å²) in [6.07, 6.45) is 0. The Morgan fingerprint density at radius 1 is 0.962 bits per heavy atom. The molecule has 0 amide bonds. The zero-order valence-electron chi connectivity index (χ0n) is 13.7. The first-order valence-electron chi connectivity index (χ1n) is 8.13. The minimum Gasteiger partial charge on any atom is -0.364 e. The number of benzene rings is 2. The van der Waals surface area contributed by atoms with Gasteiger partial charge in [-0.2, -0.15) is 0 Å². The van der Waals surface area contributed by atoms with Gasteiger partial charge in [0.25, 0.3) is 0 Å². The molecule has 0 radical (unpaired) electrons. The van der Waals surface area contributed by atoms with Crippen LogP contribution in [0.2, 0.25) is 0 Å². The van der Waals surface area contributed by atoms with E-state index in [1.807, 2.05) is 30.3 Å². The number of aromatic nitrogens is 3. The smallest absolute Gasteiger partial charge is 0.248 e. The molecule has 2 heterocycles. The van der Waals surface area contributed by atoms with Crippen LogP contribution in [0.1, 0.15) is 5.56 Å². The number of hydrogen-bond donors (Lipinski definition) is 2. The Kier molecular flexibility index (Phi) is 4.15. The van der Waals surface area contributed by atoms with E-state index in [0.717, 1.165) is 22.0 Å². The number of fused-ring (bicyclic) bond motifs is 1. The molecule has 0 saturated carbocycles. The van der Waals surface area contributed by atoms with E-state index in [-0.39, 0.29) is 11.4 Å². The standard InChI is InChI=1S/C20H15FN4O/c21-15-7-5-13(6-8-15)17-9-10-19(25-24-17)22-12-14-11-20(26)23-18-4-2-1-3-16(14)18/h1-11H,12H2,(H,22,25)(H,23,26). The van der Waals surface area contributed by atoms with Crippen molar-refractivity contribution in [3.63, 3.8) is 0 Å². The molecule has 128 valence electrons. The molecule has 2 aromatic carbocycles. The Morgan fingerprint density at radius 2 is 1.77 bits per heavy atom. The summed E-state index contributed by atoms with van der Waals surface area (Å²) in [5.74, 6) is 0.310. The fourth-order valence-electron chi connectivity index (χ4n) is 2.81. The van der Waals surface area contributed by atoms with Gasteiger partial charge in [0.1, 0.15) is 11.6 Å². The summed E-state index contributed by atoms with van der Waals surface area (Å²) in [7, 11) is 0. The van der Waals surface area contributed by atoms with Crippen LogP contribution in [0.25, 0.3) is 22.2 Å². The van der Waals surface area contributed by atoms with Gasteiger partial charge in [0.05, 0.1) is 5.69 Å². The van der Waals surface area contributed by atoms with Gasteiger partial charge in [-0.1, -0.05) is 18.2 Å². The van der Waals surface area contributed by atoms with Crippen molar-refractivity contribution in [2.75, 3.05) is 5.32 Å². The van der Waals surface area contributed by atoms with Crippen molar-refractivity contribution in [1.29, 1.82) is 0 Å². The van der Waals surface area contributed by atoms with Crippen LogP contribution in [-0.2, 0) is 6.54 Å². The monoisotopic (exact) mass is 346 g/mol. The Hall–Kier alpha value is -3.54. The molecule has 0 fully saturated rings. The molecule has 0 spiro atoms. The van der Waals surface area contributed by atoms with Gasteiger partial charge >= 0.3 is 0 Å². The van der Waals surface area contributed by atoms with Gasteiger partial charge in [0, 0.05) is 29.1 Å². The quantitative estimate of drug-likeness (QED) is 0.591. The topological polar surface area (TPSA) is 70.7 Å². The molecule has 0 atom stereocenters. The van der Waals surface area contributed by atoms with Crippen molar-refractivity contribution in [1.82, 2.24) is 15.2 Å². The lowest BCUT2D eigenvalue weighted by Gasteiger charge is -2.08. The molecule has 0 aliphatic rings. The number of rotatable bonds is 4. The molecular weight excluding hydrogens is 331 g/mol. The Morgan fingerprint density at radius 3 is 2.54 bits per heavy atom. The van der Waals surface area contributed by atoms with E-state index in [1.54, 1.807) is 24.3 Å². The molecule has 0 aliphatic carbocycles. The van der Waals surface area contributed by atoms with E-state index in [1.165, 1.54) is 12.1 Å². The third-order valence-electron chi connectivity index (χ3n) is 4.10. The van der Waals surface area contributed by atoms with E-state index in [4.69, 9.17) is 0 Å². The van der Waals surface area contributed by atoms with Crippen LogP contribution in [0.4, 0.5) is 10.2 Å². The molecule has 0 aliphatic heterocycles. The van der Waals surface area contributed by atoms with E-state index < -0.39 is 0 Å². The van der Waals surface area contributed by atoms with Crippen LogP contribution >= 0.6 is 0 Å². The van der Waals surface area contributed by atoms with Gasteiger partial charge in [-0.25, -0.2) is 4.39 Å². The SMILES string of the molecule is O=c1cc(CNc2ccc(-c3ccc(F)cc3)nn2)c2ccccc2[nH]1. The summed E-state index contributed by atoms with van der Waals surface area (Å²) in [5.41, 5.74) is 3.00. The Labute approximate surface area is 148 Å².